The van der Waals surface area contributed by atoms with Crippen molar-refractivity contribution in [2.24, 2.45) is 5.92 Å². The van der Waals surface area contributed by atoms with E-state index in [-0.39, 0.29) is 17.7 Å². The molecule has 3 rings (SSSR count). The molecule has 1 heterocycles. The number of hydrogen-bond donors (Lipinski definition) is 1. The van der Waals surface area contributed by atoms with Crippen molar-refractivity contribution in [2.45, 2.75) is 44.1 Å². The zero-order chi connectivity index (χ0) is 17.8. The van der Waals surface area contributed by atoms with Gasteiger partial charge in [-0.1, -0.05) is 25.0 Å². The van der Waals surface area contributed by atoms with Crippen molar-refractivity contribution in [3.63, 3.8) is 0 Å². The van der Waals surface area contributed by atoms with Crippen LogP contribution in [0.15, 0.2) is 24.3 Å². The number of nitrogens with zero attached hydrogens (tertiary/aromatic N) is 1. The van der Waals surface area contributed by atoms with Gasteiger partial charge in [-0.15, -0.1) is 0 Å². The van der Waals surface area contributed by atoms with Gasteiger partial charge < -0.3 is 19.5 Å². The fourth-order valence-corrected chi connectivity index (χ4v) is 4.01. The number of benzene rings is 1. The van der Waals surface area contributed by atoms with Gasteiger partial charge in [0.1, 0.15) is 11.9 Å². The highest BCUT2D eigenvalue weighted by Crippen LogP contribution is 2.33. The highest BCUT2D eigenvalue weighted by Gasteiger charge is 2.36. The molecule has 136 valence electrons. The smallest absolute Gasteiger partial charge is 0.497 e. The number of methoxy groups -OCH3 is 1. The summed E-state index contributed by atoms with van der Waals surface area (Å²) < 4.78 is 10.2. The van der Waals surface area contributed by atoms with Crippen molar-refractivity contribution >= 4 is 12.1 Å². The standard InChI is InChI=1S/C19H25NO5/c1-24-16-8-6-13(7-9-16)15-10-17(25-19(22)23)12-20(11-15)18(21)14-4-2-3-5-14/h6-9,14-15,17H,2-5,10-12H2,1H3,(H,22,23). The van der Waals surface area contributed by atoms with Gasteiger partial charge in [-0.05, 0) is 37.0 Å². The van der Waals surface area contributed by atoms with Crippen LogP contribution in [-0.4, -0.2) is 48.4 Å². The summed E-state index contributed by atoms with van der Waals surface area (Å²) in [5, 5.41) is 8.99. The largest absolute Gasteiger partial charge is 0.506 e. The second-order valence-electron chi connectivity index (χ2n) is 6.94. The third-order valence-electron chi connectivity index (χ3n) is 5.28. The van der Waals surface area contributed by atoms with Crippen LogP contribution in [0.5, 0.6) is 5.75 Å². The number of hydrogen-bond acceptors (Lipinski definition) is 4. The van der Waals surface area contributed by atoms with Crippen LogP contribution in [0.1, 0.15) is 43.6 Å². The Morgan fingerprint density at radius 2 is 1.80 bits per heavy atom. The Hall–Kier alpha value is -2.24. The van der Waals surface area contributed by atoms with Crippen molar-refractivity contribution in [2.75, 3.05) is 20.2 Å². The average Bonchev–Trinajstić information content (AvgIpc) is 3.15. The molecule has 1 aromatic carbocycles. The van der Waals surface area contributed by atoms with Crippen LogP contribution in [0.3, 0.4) is 0 Å². The van der Waals surface area contributed by atoms with Gasteiger partial charge in [-0.25, -0.2) is 4.79 Å². The molecule has 2 fully saturated rings. The van der Waals surface area contributed by atoms with E-state index in [9.17, 15) is 9.59 Å². The lowest BCUT2D eigenvalue weighted by Gasteiger charge is -2.38. The molecule has 25 heavy (non-hydrogen) atoms. The lowest BCUT2D eigenvalue weighted by Crippen LogP contribution is -2.48. The Balaban J connectivity index is 1.76. The first-order valence-corrected chi connectivity index (χ1v) is 8.89. The number of carbonyl (C=O) groups excluding carboxylic acids is 1. The van der Waals surface area contributed by atoms with Crippen molar-refractivity contribution in [1.82, 2.24) is 4.90 Å². The Bertz CT molecular complexity index is 609. The summed E-state index contributed by atoms with van der Waals surface area (Å²) in [6, 6.07) is 7.73. The van der Waals surface area contributed by atoms with Crippen LogP contribution in [-0.2, 0) is 9.53 Å². The van der Waals surface area contributed by atoms with Gasteiger partial charge in [-0.3, -0.25) is 4.79 Å². The summed E-state index contributed by atoms with van der Waals surface area (Å²) in [6.07, 6.45) is 2.90. The van der Waals surface area contributed by atoms with E-state index in [1.165, 1.54) is 0 Å². The molecule has 1 saturated heterocycles. The lowest BCUT2D eigenvalue weighted by molar-refractivity contribution is -0.139. The molecule has 1 aromatic rings. The van der Waals surface area contributed by atoms with Crippen LogP contribution in [0.4, 0.5) is 4.79 Å². The molecule has 2 atom stereocenters. The minimum Gasteiger partial charge on any atom is -0.497 e. The Morgan fingerprint density at radius 1 is 1.12 bits per heavy atom. The van der Waals surface area contributed by atoms with Gasteiger partial charge in [0, 0.05) is 18.4 Å². The summed E-state index contributed by atoms with van der Waals surface area (Å²) in [5.74, 6) is 1.07. The number of piperidine rings is 1. The normalized spacial score (nSPS) is 24.1. The van der Waals surface area contributed by atoms with E-state index < -0.39 is 12.3 Å². The van der Waals surface area contributed by atoms with E-state index in [2.05, 4.69) is 0 Å². The van der Waals surface area contributed by atoms with Gasteiger partial charge in [0.25, 0.3) is 0 Å². The maximum atomic E-state index is 12.8. The molecule has 1 N–H and O–H groups in total. The molecule has 0 aromatic heterocycles. The highest BCUT2D eigenvalue weighted by atomic mass is 16.7. The van der Waals surface area contributed by atoms with Gasteiger partial charge >= 0.3 is 6.16 Å². The molecular weight excluding hydrogens is 322 g/mol. The quantitative estimate of drug-likeness (QED) is 0.846. The second-order valence-corrected chi connectivity index (χ2v) is 6.94. The fraction of sp³-hybridized carbons (Fsp3) is 0.579. The molecule has 0 radical (unpaired) electrons. The SMILES string of the molecule is COc1ccc(C2CC(OC(=O)O)CN(C(=O)C3CCCC3)C2)cc1. The van der Waals surface area contributed by atoms with Crippen LogP contribution in [0.25, 0.3) is 0 Å². The van der Waals surface area contributed by atoms with Gasteiger partial charge in [0.05, 0.1) is 13.7 Å². The average molecular weight is 347 g/mol. The first-order valence-electron chi connectivity index (χ1n) is 8.89. The van der Waals surface area contributed by atoms with E-state index in [1.54, 1.807) is 7.11 Å². The summed E-state index contributed by atoms with van der Waals surface area (Å²) >= 11 is 0. The summed E-state index contributed by atoms with van der Waals surface area (Å²) in [6.45, 7) is 0.968. The summed E-state index contributed by atoms with van der Waals surface area (Å²) in [4.78, 5) is 25.6. The first kappa shape index (κ1) is 17.6. The number of amides is 1. The molecule has 0 spiro atoms. The van der Waals surface area contributed by atoms with E-state index >= 15 is 0 Å². The molecule has 1 amide bonds. The van der Waals surface area contributed by atoms with E-state index in [0.717, 1.165) is 37.0 Å². The second kappa shape index (κ2) is 7.76. The molecule has 2 aliphatic rings. The van der Waals surface area contributed by atoms with Crippen LogP contribution in [0.2, 0.25) is 0 Å². The van der Waals surface area contributed by atoms with Crippen LogP contribution >= 0.6 is 0 Å². The van der Waals surface area contributed by atoms with Gasteiger partial charge in [0.2, 0.25) is 5.91 Å². The molecule has 1 aliphatic carbocycles. The molecule has 0 bridgehead atoms. The van der Waals surface area contributed by atoms with E-state index in [0.29, 0.717) is 19.5 Å². The Morgan fingerprint density at radius 3 is 2.40 bits per heavy atom. The Kier molecular flexibility index (Phi) is 5.46. The predicted octanol–water partition coefficient (Wildman–Crippen LogP) is 3.26. The lowest BCUT2D eigenvalue weighted by atomic mass is 9.88. The summed E-state index contributed by atoms with van der Waals surface area (Å²) in [5.41, 5.74) is 1.07. The van der Waals surface area contributed by atoms with Crippen LogP contribution in [0, 0.1) is 5.92 Å². The van der Waals surface area contributed by atoms with Crippen LogP contribution < -0.4 is 4.74 Å². The minimum atomic E-state index is -1.28. The van der Waals surface area contributed by atoms with E-state index in [1.807, 2.05) is 29.2 Å². The third kappa shape index (κ3) is 4.24. The molecule has 1 saturated carbocycles. The number of likely N-dealkylation sites (tertiary alicyclic amines) is 1. The molecule has 6 heteroatoms. The molecule has 1 aliphatic heterocycles. The zero-order valence-corrected chi connectivity index (χ0v) is 14.5. The predicted molar refractivity (Wildman–Crippen MR) is 91.8 cm³/mol. The fourth-order valence-electron chi connectivity index (χ4n) is 4.01. The Labute approximate surface area is 147 Å². The molecule has 6 nitrogen and oxygen atoms in total. The molecule has 2 unspecified atom stereocenters. The highest BCUT2D eigenvalue weighted by molar-refractivity contribution is 5.79. The van der Waals surface area contributed by atoms with E-state index in [4.69, 9.17) is 14.6 Å². The number of rotatable bonds is 4. The summed E-state index contributed by atoms with van der Waals surface area (Å²) in [7, 11) is 1.62. The van der Waals surface area contributed by atoms with Crippen molar-refractivity contribution in [3.05, 3.63) is 29.8 Å². The van der Waals surface area contributed by atoms with Crippen molar-refractivity contribution < 1.29 is 24.2 Å². The maximum Gasteiger partial charge on any atom is 0.506 e. The van der Waals surface area contributed by atoms with Crippen molar-refractivity contribution in [1.29, 1.82) is 0 Å². The number of ether oxygens (including phenoxy) is 2. The van der Waals surface area contributed by atoms with Crippen molar-refractivity contribution in [3.8, 4) is 5.75 Å². The third-order valence-corrected chi connectivity index (χ3v) is 5.28. The number of carboxylic acid groups (broad SMARTS) is 1. The maximum absolute atomic E-state index is 12.8. The zero-order valence-electron chi connectivity index (χ0n) is 14.5. The minimum absolute atomic E-state index is 0.0642. The van der Waals surface area contributed by atoms with Gasteiger partial charge in [-0.2, -0.15) is 0 Å². The van der Waals surface area contributed by atoms with Gasteiger partial charge in [0.15, 0.2) is 0 Å². The molecular formula is C19H25NO5. The first-order chi connectivity index (χ1) is 12.1. The topological polar surface area (TPSA) is 76.1 Å². The number of carbonyl (C=O) groups is 2. The monoisotopic (exact) mass is 347 g/mol.